The summed E-state index contributed by atoms with van der Waals surface area (Å²) in [6, 6.07) is 9.28. The summed E-state index contributed by atoms with van der Waals surface area (Å²) in [5, 5.41) is 3.62. The first-order valence-corrected chi connectivity index (χ1v) is 6.32. The van der Waals surface area contributed by atoms with Crippen LogP contribution in [-0.4, -0.2) is 18.3 Å². The van der Waals surface area contributed by atoms with Gasteiger partial charge in [0.05, 0.1) is 5.69 Å². The average molecular weight is 212 g/mol. The minimum Gasteiger partial charge on any atom is -0.309 e. The van der Waals surface area contributed by atoms with E-state index in [0.29, 0.717) is 11.5 Å². The number of rotatable bonds is 0. The Bertz CT molecular complexity index is 465. The topological polar surface area (TPSA) is 24.4 Å². The molecule has 82 valence electrons. The third-order valence-corrected chi connectivity index (χ3v) is 4.52. The number of nitrogens with one attached hydrogen (secondary N) is 1. The molecule has 0 aromatic heterocycles. The number of fused-ring (bicyclic) bond motifs is 1. The number of piperidine rings is 1. The second-order valence-corrected chi connectivity index (χ2v) is 5.25. The van der Waals surface area contributed by atoms with Gasteiger partial charge in [-0.3, -0.25) is 4.99 Å². The Morgan fingerprint density at radius 1 is 1.25 bits per heavy atom. The Morgan fingerprint density at radius 2 is 2.19 bits per heavy atom. The molecule has 1 aromatic carbocycles. The molecule has 2 unspecified atom stereocenters. The molecule has 1 saturated carbocycles. The van der Waals surface area contributed by atoms with Gasteiger partial charge >= 0.3 is 0 Å². The minimum absolute atomic E-state index is 0.310. The van der Waals surface area contributed by atoms with Gasteiger partial charge in [0, 0.05) is 17.2 Å². The Kier molecular flexibility index (Phi) is 1.65. The largest absolute Gasteiger partial charge is 0.309 e. The summed E-state index contributed by atoms with van der Waals surface area (Å²) < 4.78 is 0. The van der Waals surface area contributed by atoms with Gasteiger partial charge in [-0.15, -0.1) is 0 Å². The zero-order chi connectivity index (χ0) is 10.6. The highest BCUT2D eigenvalue weighted by molar-refractivity contribution is 6.06. The molecule has 1 saturated heterocycles. The Balaban J connectivity index is 1.96. The predicted octanol–water partition coefficient (Wildman–Crippen LogP) is 2.56. The summed E-state index contributed by atoms with van der Waals surface area (Å²) in [5.74, 6) is 0. The van der Waals surface area contributed by atoms with Gasteiger partial charge in [-0.05, 0) is 37.4 Å². The molecule has 0 radical (unpaired) electrons. The fraction of sp³-hybridized carbons (Fsp3) is 0.500. The van der Waals surface area contributed by atoms with E-state index in [0.717, 1.165) is 6.54 Å². The molecule has 1 aromatic rings. The second kappa shape index (κ2) is 2.95. The van der Waals surface area contributed by atoms with Gasteiger partial charge in [0.15, 0.2) is 0 Å². The van der Waals surface area contributed by atoms with E-state index in [2.05, 4.69) is 29.6 Å². The number of hydrogen-bond acceptors (Lipinski definition) is 2. The number of para-hydroxylation sites is 1. The van der Waals surface area contributed by atoms with Crippen LogP contribution in [-0.2, 0) is 5.41 Å². The summed E-state index contributed by atoms with van der Waals surface area (Å²) in [5.41, 5.74) is 4.47. The summed E-state index contributed by atoms with van der Waals surface area (Å²) in [6.45, 7) is 1.15. The van der Waals surface area contributed by atoms with Crippen molar-refractivity contribution in [2.45, 2.75) is 37.1 Å². The maximum absolute atomic E-state index is 4.90. The zero-order valence-corrected chi connectivity index (χ0v) is 9.37. The van der Waals surface area contributed by atoms with Crippen molar-refractivity contribution >= 4 is 11.4 Å². The van der Waals surface area contributed by atoms with Gasteiger partial charge in [-0.1, -0.05) is 24.6 Å². The van der Waals surface area contributed by atoms with Gasteiger partial charge in [-0.25, -0.2) is 0 Å². The molecular formula is C14H16N2. The number of hydrogen-bond donors (Lipinski definition) is 1. The molecule has 2 nitrogen and oxygen atoms in total. The van der Waals surface area contributed by atoms with E-state index >= 15 is 0 Å². The molecule has 2 atom stereocenters. The molecule has 1 N–H and O–H groups in total. The molecule has 2 fully saturated rings. The van der Waals surface area contributed by atoms with Crippen molar-refractivity contribution in [1.29, 1.82) is 0 Å². The second-order valence-electron chi connectivity index (χ2n) is 5.25. The fourth-order valence-corrected chi connectivity index (χ4v) is 3.82. The maximum Gasteiger partial charge on any atom is 0.0671 e. The molecule has 2 aliphatic heterocycles. The van der Waals surface area contributed by atoms with Gasteiger partial charge in [0.25, 0.3) is 0 Å². The maximum atomic E-state index is 4.90. The third-order valence-electron chi connectivity index (χ3n) is 4.52. The summed E-state index contributed by atoms with van der Waals surface area (Å²) >= 11 is 0. The van der Waals surface area contributed by atoms with Crippen LogP contribution >= 0.6 is 0 Å². The van der Waals surface area contributed by atoms with Crippen LogP contribution in [0.4, 0.5) is 5.69 Å². The van der Waals surface area contributed by atoms with Crippen molar-refractivity contribution < 1.29 is 0 Å². The van der Waals surface area contributed by atoms with Gasteiger partial charge < -0.3 is 5.32 Å². The molecule has 1 aliphatic carbocycles. The molecule has 2 heterocycles. The van der Waals surface area contributed by atoms with E-state index in [1.165, 1.54) is 42.6 Å². The zero-order valence-electron chi connectivity index (χ0n) is 9.37. The Labute approximate surface area is 95.8 Å². The van der Waals surface area contributed by atoms with Gasteiger partial charge in [0.2, 0.25) is 0 Å². The molecular weight excluding hydrogens is 196 g/mol. The van der Waals surface area contributed by atoms with Crippen LogP contribution in [0.25, 0.3) is 0 Å². The van der Waals surface area contributed by atoms with Crippen LogP contribution in [0.5, 0.6) is 0 Å². The van der Waals surface area contributed by atoms with Crippen LogP contribution in [0.15, 0.2) is 29.3 Å². The van der Waals surface area contributed by atoms with E-state index in [1.807, 2.05) is 0 Å². The smallest absolute Gasteiger partial charge is 0.0671 e. The fourth-order valence-electron chi connectivity index (χ4n) is 3.82. The van der Waals surface area contributed by atoms with E-state index in [4.69, 9.17) is 4.99 Å². The summed E-state index contributed by atoms with van der Waals surface area (Å²) in [4.78, 5) is 4.90. The third kappa shape index (κ3) is 0.938. The molecule has 2 bridgehead atoms. The van der Waals surface area contributed by atoms with Crippen LogP contribution in [0, 0.1) is 0 Å². The normalized spacial score (nSPS) is 35.2. The highest BCUT2D eigenvalue weighted by Gasteiger charge is 2.49. The molecule has 0 amide bonds. The number of benzene rings is 1. The van der Waals surface area contributed by atoms with E-state index < -0.39 is 0 Å². The van der Waals surface area contributed by atoms with Crippen molar-refractivity contribution in [3.8, 4) is 0 Å². The van der Waals surface area contributed by atoms with Gasteiger partial charge in [0.1, 0.15) is 0 Å². The van der Waals surface area contributed by atoms with Crippen LogP contribution < -0.4 is 5.32 Å². The lowest BCUT2D eigenvalue weighted by atomic mass is 9.64. The van der Waals surface area contributed by atoms with Crippen LogP contribution in [0.2, 0.25) is 0 Å². The Hall–Kier alpha value is -1.15. The van der Waals surface area contributed by atoms with Crippen molar-refractivity contribution in [1.82, 2.24) is 5.32 Å². The lowest BCUT2D eigenvalue weighted by Crippen LogP contribution is -2.56. The van der Waals surface area contributed by atoms with Crippen molar-refractivity contribution in [2.24, 2.45) is 4.99 Å². The first kappa shape index (κ1) is 8.94. The molecule has 0 spiro atoms. The van der Waals surface area contributed by atoms with Crippen LogP contribution in [0.1, 0.15) is 31.2 Å². The van der Waals surface area contributed by atoms with Crippen LogP contribution in [0.3, 0.4) is 0 Å². The predicted molar refractivity (Wildman–Crippen MR) is 65.5 cm³/mol. The number of nitrogens with zero attached hydrogens (tertiary/aromatic N) is 1. The van der Waals surface area contributed by atoms with E-state index in [9.17, 15) is 0 Å². The first-order chi connectivity index (χ1) is 7.90. The number of aliphatic imine (C=N–C) groups is 1. The Morgan fingerprint density at radius 3 is 3.19 bits per heavy atom. The quantitative estimate of drug-likeness (QED) is 0.702. The summed E-state index contributed by atoms with van der Waals surface area (Å²) in [7, 11) is 0. The molecule has 16 heavy (non-hydrogen) atoms. The average Bonchev–Trinajstić information content (AvgIpc) is 2.64. The van der Waals surface area contributed by atoms with Gasteiger partial charge in [-0.2, -0.15) is 0 Å². The first-order valence-electron chi connectivity index (χ1n) is 6.32. The lowest BCUT2D eigenvalue weighted by molar-refractivity contribution is 0.337. The molecule has 3 aliphatic rings. The standard InChI is InChI=1S/C14H16N2/c1-2-5-11-10(4-1)14-7-3-6-12(13(14)16-11)15-9-8-14/h1-2,4-5,12,15H,3,6-9H2. The van der Waals surface area contributed by atoms with Crippen molar-refractivity contribution in [3.63, 3.8) is 0 Å². The monoisotopic (exact) mass is 212 g/mol. The lowest BCUT2D eigenvalue weighted by Gasteiger charge is -2.44. The van der Waals surface area contributed by atoms with Crippen molar-refractivity contribution in [3.05, 3.63) is 29.8 Å². The molecule has 2 heteroatoms. The SMILES string of the molecule is c1ccc2c(c1)N=C1C3CCCC12CCN3. The summed E-state index contributed by atoms with van der Waals surface area (Å²) in [6.07, 6.45) is 5.15. The van der Waals surface area contributed by atoms with Crippen molar-refractivity contribution in [2.75, 3.05) is 6.54 Å². The molecule has 4 rings (SSSR count). The van der Waals surface area contributed by atoms with E-state index in [1.54, 1.807) is 0 Å². The minimum atomic E-state index is 0.310. The van der Waals surface area contributed by atoms with E-state index in [-0.39, 0.29) is 0 Å². The highest BCUT2D eigenvalue weighted by atomic mass is 15.0. The highest BCUT2D eigenvalue weighted by Crippen LogP contribution is 2.50.